The van der Waals surface area contributed by atoms with Crippen molar-refractivity contribution < 1.29 is 50.3 Å². The zero-order valence-corrected chi connectivity index (χ0v) is 33.2. The first kappa shape index (κ1) is 38.9. The van der Waals surface area contributed by atoms with Gasteiger partial charge in [-0.1, -0.05) is 62.4 Å². The Bertz CT molecular complexity index is 2470. The summed E-state index contributed by atoms with van der Waals surface area (Å²) in [5.41, 5.74) is 4.46. The van der Waals surface area contributed by atoms with Gasteiger partial charge in [0.1, 0.15) is 23.0 Å². The molecule has 55 heavy (non-hydrogen) atoms. The molecule has 7 aromatic rings. The van der Waals surface area contributed by atoms with E-state index >= 15 is 0 Å². The molecule has 2 N–H and O–H groups in total. The maximum absolute atomic E-state index is 13.7. The third-order valence-corrected chi connectivity index (χ3v) is 9.73. The minimum atomic E-state index is -0.834. The molecule has 3 aromatic heterocycles. The summed E-state index contributed by atoms with van der Waals surface area (Å²) in [5.74, 6) is -0.465. The fourth-order valence-corrected chi connectivity index (χ4v) is 6.92. The number of fused-ring (bicyclic) bond motifs is 3. The molecule has 0 saturated carbocycles. The number of hydrogen-bond acceptors (Lipinski definition) is 8. The Morgan fingerprint density at radius 2 is 1.13 bits per heavy atom. The molecule has 0 aliphatic heterocycles. The van der Waals surface area contributed by atoms with Crippen molar-refractivity contribution in [3.05, 3.63) is 121 Å². The van der Waals surface area contributed by atoms with E-state index in [0.29, 0.717) is 40.3 Å². The van der Waals surface area contributed by atoms with Gasteiger partial charge in [0.05, 0.1) is 28.2 Å². The van der Waals surface area contributed by atoms with E-state index in [9.17, 15) is 19.8 Å². The van der Waals surface area contributed by atoms with Crippen LogP contribution in [0.1, 0.15) is 53.0 Å². The number of aromatic hydroxyl groups is 2. The predicted octanol–water partition coefficient (Wildman–Crippen LogP) is 10.3. The second-order valence-corrected chi connectivity index (χ2v) is 13.9. The van der Waals surface area contributed by atoms with E-state index in [1.165, 1.54) is 22.9 Å². The first-order chi connectivity index (χ1) is 26.1. The summed E-state index contributed by atoms with van der Waals surface area (Å²) in [6, 6.07) is 37.0. The molecule has 3 heterocycles. The van der Waals surface area contributed by atoms with E-state index in [2.05, 4.69) is 47.9 Å². The molecule has 0 spiro atoms. The molecule has 0 fully saturated rings. The van der Waals surface area contributed by atoms with E-state index in [1.54, 1.807) is 55.5 Å². The quantitative estimate of drug-likeness (QED) is 0.0972. The van der Waals surface area contributed by atoms with Crippen LogP contribution in [0, 0.1) is 5.41 Å². The number of phenols is 2. The first-order valence-corrected chi connectivity index (χ1v) is 18.1. The zero-order valence-electron chi connectivity index (χ0n) is 30.9. The molecule has 0 amide bonds. The van der Waals surface area contributed by atoms with Crippen molar-refractivity contribution in [1.29, 1.82) is 0 Å². The van der Waals surface area contributed by atoms with Crippen molar-refractivity contribution in [2.75, 3.05) is 0 Å². The van der Waals surface area contributed by atoms with Gasteiger partial charge in [0.25, 0.3) is 0 Å². The van der Waals surface area contributed by atoms with Crippen molar-refractivity contribution in [2.45, 2.75) is 53.0 Å². The number of hydrogen-bond donors (Lipinski definition) is 2. The molecular formula is C45H41N3O6Pt. The largest absolute Gasteiger partial charge is 0.507 e. The van der Waals surface area contributed by atoms with Crippen molar-refractivity contribution in [3.63, 3.8) is 0 Å². The van der Waals surface area contributed by atoms with Crippen molar-refractivity contribution in [1.82, 2.24) is 14.5 Å². The van der Waals surface area contributed by atoms with E-state index in [1.807, 2.05) is 38.1 Å². The minimum Gasteiger partial charge on any atom is -0.507 e. The maximum Gasteiger partial charge on any atom is 0.316 e. The van der Waals surface area contributed by atoms with Gasteiger partial charge >= 0.3 is 11.9 Å². The molecule has 10 heteroatoms. The number of benzene rings is 4. The van der Waals surface area contributed by atoms with Crippen LogP contribution in [0.4, 0.5) is 0 Å². The molecule has 0 radical (unpaired) electrons. The summed E-state index contributed by atoms with van der Waals surface area (Å²) < 4.78 is 13.5. The Hall–Kier alpha value is -5.79. The molecule has 1 atom stereocenters. The number of carbonyl (C=O) groups is 2. The Morgan fingerprint density at radius 1 is 0.655 bits per heavy atom. The van der Waals surface area contributed by atoms with Crippen molar-refractivity contribution in [3.8, 4) is 56.9 Å². The Kier molecular flexibility index (Phi) is 11.5. The maximum atomic E-state index is 13.7. The van der Waals surface area contributed by atoms with Crippen LogP contribution in [0.5, 0.6) is 23.0 Å². The number of pyridine rings is 2. The van der Waals surface area contributed by atoms with Gasteiger partial charge in [-0.2, -0.15) is 0 Å². The third-order valence-electron chi connectivity index (χ3n) is 9.73. The smallest absolute Gasteiger partial charge is 0.316 e. The Labute approximate surface area is 333 Å². The van der Waals surface area contributed by atoms with E-state index in [-0.39, 0.29) is 62.5 Å². The van der Waals surface area contributed by atoms with E-state index in [0.717, 1.165) is 17.5 Å². The number of ether oxygens (including phenoxy) is 2. The summed E-state index contributed by atoms with van der Waals surface area (Å²) in [5, 5.41) is 24.2. The Morgan fingerprint density at radius 3 is 1.60 bits per heavy atom. The van der Waals surface area contributed by atoms with E-state index in [4.69, 9.17) is 19.4 Å². The topological polar surface area (TPSA) is 124 Å². The fourth-order valence-electron chi connectivity index (χ4n) is 6.92. The van der Waals surface area contributed by atoms with Gasteiger partial charge in [-0.05, 0) is 87.4 Å². The van der Waals surface area contributed by atoms with Crippen molar-refractivity contribution >= 4 is 33.7 Å². The second kappa shape index (κ2) is 16.3. The third kappa shape index (κ3) is 8.03. The van der Waals surface area contributed by atoms with Crippen LogP contribution in [0.3, 0.4) is 0 Å². The summed E-state index contributed by atoms with van der Waals surface area (Å²) in [6.07, 6.45) is 1.60. The average Bonchev–Trinajstić information content (AvgIpc) is 3.51. The van der Waals surface area contributed by atoms with Gasteiger partial charge in [-0.15, -0.1) is 0 Å². The van der Waals surface area contributed by atoms with Gasteiger partial charge in [-0.25, -0.2) is 9.97 Å². The van der Waals surface area contributed by atoms with Crippen LogP contribution in [0.15, 0.2) is 121 Å². The number of phenolic OH excluding ortho intramolecular Hbond substituents is 2. The standard InChI is InChI=1S/C45H41N3O6.Pt/c1-5-28(48-39-19-9-7-13-31(39)32-14-8-10-20-40(32)48)27-45(3,4)44(52)54-30-22-24-34(42(50)26-30)36-16-12-18-38(47-36)37-17-11-15-35(46-37)33-23-21-29(25-41(33)49)53-43(51)6-2;/h7-26,28,49-50H,5-6,27H2,1-4H3;. The van der Waals surface area contributed by atoms with Crippen LogP contribution in [-0.2, 0) is 30.7 Å². The molecule has 4 aromatic carbocycles. The van der Waals surface area contributed by atoms with Crippen LogP contribution in [0.2, 0.25) is 0 Å². The minimum absolute atomic E-state index is 0. The molecule has 1 unspecified atom stereocenters. The number of carbonyl (C=O) groups excluding carboxylic acids is 2. The van der Waals surface area contributed by atoms with Gasteiger partial charge in [0, 0.05) is 78.6 Å². The summed E-state index contributed by atoms with van der Waals surface area (Å²) in [4.78, 5) is 34.9. The van der Waals surface area contributed by atoms with Crippen LogP contribution in [0.25, 0.3) is 55.7 Å². The normalized spacial score (nSPS) is 11.9. The number of aromatic nitrogens is 3. The van der Waals surface area contributed by atoms with Gasteiger partial charge < -0.3 is 24.3 Å². The zero-order chi connectivity index (χ0) is 38.0. The molecule has 7 rings (SSSR count). The number of esters is 2. The van der Waals surface area contributed by atoms with Gasteiger partial charge in [0.2, 0.25) is 0 Å². The monoisotopic (exact) mass is 914 g/mol. The van der Waals surface area contributed by atoms with Gasteiger partial charge in [-0.3, -0.25) is 9.59 Å². The van der Waals surface area contributed by atoms with Gasteiger partial charge in [0.15, 0.2) is 0 Å². The second-order valence-electron chi connectivity index (χ2n) is 13.9. The van der Waals surface area contributed by atoms with Crippen LogP contribution < -0.4 is 9.47 Å². The molecule has 9 nitrogen and oxygen atoms in total. The summed E-state index contributed by atoms with van der Waals surface area (Å²) in [6.45, 7) is 7.64. The van der Waals surface area contributed by atoms with E-state index < -0.39 is 11.4 Å². The molecule has 0 saturated heterocycles. The predicted molar refractivity (Wildman–Crippen MR) is 210 cm³/mol. The number of nitrogens with zero attached hydrogens (tertiary/aromatic N) is 3. The Balaban J connectivity index is 0.00000514. The molecule has 0 aliphatic rings. The molecule has 0 bridgehead atoms. The number of rotatable bonds is 11. The molecular weight excluding hydrogens is 874 g/mol. The number of para-hydroxylation sites is 2. The molecule has 282 valence electrons. The fraction of sp³-hybridized carbons (Fsp3) is 0.200. The summed E-state index contributed by atoms with van der Waals surface area (Å²) >= 11 is 0. The first-order valence-electron chi connectivity index (χ1n) is 18.1. The molecule has 0 aliphatic carbocycles. The van der Waals surface area contributed by atoms with Crippen LogP contribution in [-0.4, -0.2) is 36.7 Å². The average molecular weight is 915 g/mol. The van der Waals surface area contributed by atoms with Crippen molar-refractivity contribution in [2.24, 2.45) is 5.41 Å². The summed E-state index contributed by atoms with van der Waals surface area (Å²) in [7, 11) is 0. The van der Waals surface area contributed by atoms with Crippen LogP contribution >= 0.6 is 0 Å². The SMILES string of the molecule is CCC(=O)Oc1ccc(-c2cccc(-c3cccc(-c4ccc(OC(=O)C(C)(C)CC(CC)n5c6ccccc6c6ccccc65)cc4O)n3)n2)c(O)c1.[Pt].